The molecule has 0 atom stereocenters. The van der Waals surface area contributed by atoms with E-state index < -0.39 is 38.5 Å². The Labute approximate surface area is 237 Å². The lowest BCUT2D eigenvalue weighted by atomic mass is 9.94. The van der Waals surface area contributed by atoms with Gasteiger partial charge in [0.05, 0.1) is 28.2 Å². The van der Waals surface area contributed by atoms with E-state index in [9.17, 15) is 37.6 Å². The van der Waals surface area contributed by atoms with Crippen LogP contribution in [0.1, 0.15) is 36.6 Å². The molecule has 0 unspecified atom stereocenters. The van der Waals surface area contributed by atoms with Crippen LogP contribution < -0.4 is 11.2 Å². The number of hydrogen-bond acceptors (Lipinski definition) is 10. The van der Waals surface area contributed by atoms with Gasteiger partial charge in [-0.3, -0.25) is 14.8 Å². The van der Waals surface area contributed by atoms with E-state index in [0.29, 0.717) is 22.1 Å². The van der Waals surface area contributed by atoms with Gasteiger partial charge in [0.2, 0.25) is 5.78 Å². The second kappa shape index (κ2) is 10.7. The molecular formula is C28H19N5O8S. The predicted octanol–water partition coefficient (Wildman–Crippen LogP) is 5.13. The molecule has 0 aliphatic heterocycles. The number of allylic oxidation sites excluding steroid dienone is 1. The number of carbonyl (C=O) groups excluding carboxylic acids is 1. The maximum Gasteiger partial charge on any atom is 0.335 e. The zero-order valence-corrected chi connectivity index (χ0v) is 22.0. The first-order valence-corrected chi connectivity index (χ1v) is 13.4. The molecule has 0 fully saturated rings. The van der Waals surface area contributed by atoms with Gasteiger partial charge >= 0.3 is 11.9 Å². The van der Waals surface area contributed by atoms with Crippen LogP contribution in [0.25, 0.3) is 16.8 Å². The van der Waals surface area contributed by atoms with E-state index >= 15 is 0 Å². The normalized spacial score (nSPS) is 14.2. The van der Waals surface area contributed by atoms with E-state index in [1.807, 2.05) is 0 Å². The molecule has 42 heavy (non-hydrogen) atoms. The summed E-state index contributed by atoms with van der Waals surface area (Å²) in [4.78, 5) is 35.3. The summed E-state index contributed by atoms with van der Waals surface area (Å²) in [6.45, 7) is 0. The van der Waals surface area contributed by atoms with Crippen molar-refractivity contribution in [2.45, 2.75) is 0 Å². The molecule has 210 valence electrons. The van der Waals surface area contributed by atoms with Gasteiger partial charge in [-0.2, -0.15) is 18.6 Å². The molecule has 4 aromatic rings. The number of benzene rings is 4. The van der Waals surface area contributed by atoms with Crippen LogP contribution in [0.5, 0.6) is 0 Å². The van der Waals surface area contributed by atoms with E-state index in [1.165, 1.54) is 42.5 Å². The molecule has 0 aromatic heterocycles. The van der Waals surface area contributed by atoms with E-state index in [1.54, 1.807) is 24.3 Å². The highest BCUT2D eigenvalue weighted by atomic mass is 32.2. The first-order valence-electron chi connectivity index (χ1n) is 11.9. The van der Waals surface area contributed by atoms with Gasteiger partial charge in [0.25, 0.3) is 10.1 Å². The van der Waals surface area contributed by atoms with Gasteiger partial charge in [-0.1, -0.05) is 30.3 Å². The number of ketones is 1. The maximum atomic E-state index is 13.2. The number of carboxylic acid groups (broad SMARTS) is 2. The molecule has 0 spiro atoms. The second-order valence-corrected chi connectivity index (χ2v) is 10.4. The van der Waals surface area contributed by atoms with Crippen LogP contribution in [-0.2, 0) is 10.1 Å². The van der Waals surface area contributed by atoms with E-state index in [0.717, 1.165) is 12.1 Å². The fraction of sp³-hybridized carbons (Fsp3) is 0. The molecule has 1 aliphatic carbocycles. The number of aromatic carboxylic acids is 2. The Kier molecular flexibility index (Phi) is 7.08. The molecule has 6 N–H and O–H groups in total. The van der Waals surface area contributed by atoms with Gasteiger partial charge in [-0.15, -0.1) is 5.11 Å². The van der Waals surface area contributed by atoms with Gasteiger partial charge in [0, 0.05) is 22.0 Å². The number of nitrogens with two attached hydrogens (primary N) is 1. The number of nitrogens with zero attached hydrogens (tertiary/aromatic N) is 3. The highest BCUT2D eigenvalue weighted by molar-refractivity contribution is 7.91. The Morgan fingerprint density at radius 2 is 1.50 bits per heavy atom. The number of fused-ring (bicyclic) bond motifs is 2. The van der Waals surface area contributed by atoms with Crippen molar-refractivity contribution in [3.63, 3.8) is 0 Å². The number of rotatable bonds is 7. The summed E-state index contributed by atoms with van der Waals surface area (Å²) in [5.74, 6) is -3.42. The van der Waals surface area contributed by atoms with Gasteiger partial charge in [0.15, 0.2) is 5.71 Å². The molecule has 4 aromatic carbocycles. The molecular weight excluding hydrogens is 566 g/mol. The Bertz CT molecular complexity index is 2000. The zero-order valence-electron chi connectivity index (χ0n) is 21.2. The Morgan fingerprint density at radius 3 is 2.14 bits per heavy atom. The highest BCUT2D eigenvalue weighted by Gasteiger charge is 2.33. The molecule has 0 heterocycles. The van der Waals surface area contributed by atoms with Crippen LogP contribution in [0.15, 0.2) is 93.0 Å². The van der Waals surface area contributed by atoms with Crippen LogP contribution in [0.2, 0.25) is 0 Å². The molecule has 0 amide bonds. The Morgan fingerprint density at radius 1 is 0.833 bits per heavy atom. The summed E-state index contributed by atoms with van der Waals surface area (Å²) in [6, 6.07) is 17.6. The lowest BCUT2D eigenvalue weighted by molar-refractivity contribution is 0.0696. The zero-order chi connectivity index (χ0) is 30.2. The van der Waals surface area contributed by atoms with Gasteiger partial charge < -0.3 is 15.9 Å². The molecule has 0 radical (unpaired) electrons. The summed E-state index contributed by atoms with van der Waals surface area (Å²) in [5, 5.41) is 31.9. The number of nitrogen functional groups attached to an aromatic ring is 1. The smallest absolute Gasteiger partial charge is 0.335 e. The van der Waals surface area contributed by atoms with E-state index in [2.05, 4.69) is 20.8 Å². The topological polar surface area (TPSA) is 221 Å². The average molecular weight is 586 g/mol. The fourth-order valence-electron chi connectivity index (χ4n) is 4.26. The van der Waals surface area contributed by atoms with Gasteiger partial charge in [-0.05, 0) is 54.1 Å². The van der Waals surface area contributed by atoms with Crippen molar-refractivity contribution in [2.24, 2.45) is 15.3 Å². The minimum Gasteiger partial charge on any atom is -0.478 e. The third-order valence-corrected chi connectivity index (χ3v) is 7.08. The largest absolute Gasteiger partial charge is 0.478 e. The first-order chi connectivity index (χ1) is 19.9. The fourth-order valence-corrected chi connectivity index (χ4v) is 4.92. The van der Waals surface area contributed by atoms with E-state index in [4.69, 9.17) is 5.73 Å². The van der Waals surface area contributed by atoms with Crippen molar-refractivity contribution >= 4 is 73.1 Å². The molecule has 1 aliphatic rings. The predicted molar refractivity (Wildman–Crippen MR) is 154 cm³/mol. The number of carbonyl (C=O) groups is 3. The molecule has 0 saturated carbocycles. The second-order valence-electron chi connectivity index (χ2n) is 8.99. The molecule has 5 rings (SSSR count). The quantitative estimate of drug-likeness (QED) is 0.0832. The number of Topliss-reactive ketones (excluding diaryl/α,β-unsaturated/α-hetero) is 1. The average Bonchev–Trinajstić information content (AvgIpc) is 2.95. The van der Waals surface area contributed by atoms with Crippen LogP contribution in [-0.4, -0.2) is 46.6 Å². The molecule has 14 heteroatoms. The minimum absolute atomic E-state index is 0.00578. The number of nitrogens with one attached hydrogen (secondary N) is 1. The van der Waals surface area contributed by atoms with Crippen molar-refractivity contribution in [2.75, 3.05) is 11.2 Å². The number of azo groups is 1. The SMILES string of the molecule is Nc1ccc2c(c1)C(=O)C(=NNc1ccc(N=Nc3cc(C(=O)O)cc(C(=O)O)c3)c3ccccc13)C(S(=O)(=O)O)=C2. The minimum atomic E-state index is -4.83. The number of carboxylic acids is 2. The Hall–Kier alpha value is -5.73. The van der Waals surface area contributed by atoms with Gasteiger partial charge in [0.1, 0.15) is 4.91 Å². The monoisotopic (exact) mass is 585 g/mol. The summed E-state index contributed by atoms with van der Waals surface area (Å²) < 4.78 is 34.0. The van der Waals surface area contributed by atoms with Crippen molar-refractivity contribution in [1.29, 1.82) is 0 Å². The van der Waals surface area contributed by atoms with Crippen LogP contribution >= 0.6 is 0 Å². The summed E-state index contributed by atoms with van der Waals surface area (Å²) in [7, 11) is -4.83. The van der Waals surface area contributed by atoms with Crippen molar-refractivity contribution in [1.82, 2.24) is 0 Å². The number of anilines is 2. The first kappa shape index (κ1) is 27.8. The van der Waals surface area contributed by atoms with Crippen LogP contribution in [0, 0.1) is 0 Å². The van der Waals surface area contributed by atoms with Crippen LogP contribution in [0.3, 0.4) is 0 Å². The summed E-state index contributed by atoms with van der Waals surface area (Å²) in [5.41, 5.74) is 8.73. The lowest BCUT2D eigenvalue weighted by Gasteiger charge is -2.17. The van der Waals surface area contributed by atoms with Crippen molar-refractivity contribution in [3.8, 4) is 0 Å². The third kappa shape index (κ3) is 5.47. The van der Waals surface area contributed by atoms with E-state index in [-0.39, 0.29) is 33.6 Å². The Balaban J connectivity index is 1.53. The maximum absolute atomic E-state index is 13.2. The molecule has 0 saturated heterocycles. The standard InChI is InChI=1S/C28H19N5O8S/c29-17-6-5-14-12-24(42(39,40)41)25(26(34)21(14)13-17)33-32-23-8-7-22(19-3-1-2-4-20(19)23)31-30-18-10-15(27(35)36)9-16(11-18)28(37)38/h1-13,32H,29H2,(H,35,36)(H,37,38)(H,39,40,41). The summed E-state index contributed by atoms with van der Waals surface area (Å²) >= 11 is 0. The highest BCUT2D eigenvalue weighted by Crippen LogP contribution is 2.34. The third-order valence-electron chi connectivity index (χ3n) is 6.21. The number of hydrogen-bond donors (Lipinski definition) is 5. The van der Waals surface area contributed by atoms with Crippen molar-refractivity contribution < 1.29 is 37.6 Å². The molecule has 13 nitrogen and oxygen atoms in total. The van der Waals surface area contributed by atoms with Crippen molar-refractivity contribution in [3.05, 3.63) is 100.0 Å². The molecule has 0 bridgehead atoms. The van der Waals surface area contributed by atoms with Gasteiger partial charge in [-0.25, -0.2) is 9.59 Å². The lowest BCUT2D eigenvalue weighted by Crippen LogP contribution is -2.27. The number of hydrazone groups is 1. The summed E-state index contributed by atoms with van der Waals surface area (Å²) in [6.07, 6.45) is 1.13. The van der Waals surface area contributed by atoms with Crippen LogP contribution in [0.4, 0.5) is 22.7 Å².